The molecule has 0 aliphatic heterocycles. The van der Waals surface area contributed by atoms with Crippen LogP contribution in [-0.4, -0.2) is 32.9 Å². The molecule has 6 nitrogen and oxygen atoms in total. The number of benzene rings is 1. The fraction of sp³-hybridized carbons (Fsp3) is 0.533. The SMILES string of the molecule is CCC(C)(C)OC(=O)NC(CNS(C)(=O)=O)c1cccc(Cl)c1Cl. The molecule has 0 aromatic heterocycles. The molecule has 1 amide bonds. The lowest BCUT2D eigenvalue weighted by Gasteiger charge is -2.26. The van der Waals surface area contributed by atoms with Crippen molar-refractivity contribution in [2.75, 3.05) is 12.8 Å². The lowest BCUT2D eigenvalue weighted by Crippen LogP contribution is -2.40. The van der Waals surface area contributed by atoms with Crippen molar-refractivity contribution in [1.29, 1.82) is 0 Å². The van der Waals surface area contributed by atoms with Crippen molar-refractivity contribution in [2.24, 2.45) is 0 Å². The van der Waals surface area contributed by atoms with E-state index in [-0.39, 0.29) is 11.6 Å². The number of hydrogen-bond acceptors (Lipinski definition) is 4. The van der Waals surface area contributed by atoms with Crippen molar-refractivity contribution in [3.63, 3.8) is 0 Å². The number of carbonyl (C=O) groups is 1. The van der Waals surface area contributed by atoms with Crippen molar-refractivity contribution in [3.05, 3.63) is 33.8 Å². The fourth-order valence-corrected chi connectivity index (χ4v) is 2.67. The first-order valence-corrected chi connectivity index (χ1v) is 9.98. The van der Waals surface area contributed by atoms with Gasteiger partial charge in [-0.3, -0.25) is 0 Å². The van der Waals surface area contributed by atoms with E-state index in [4.69, 9.17) is 27.9 Å². The fourth-order valence-electron chi connectivity index (χ4n) is 1.76. The summed E-state index contributed by atoms with van der Waals surface area (Å²) >= 11 is 12.2. The second kappa shape index (κ2) is 8.38. The van der Waals surface area contributed by atoms with E-state index in [1.165, 1.54) is 0 Å². The first kappa shape index (κ1) is 21.0. The van der Waals surface area contributed by atoms with E-state index in [2.05, 4.69) is 10.0 Å². The summed E-state index contributed by atoms with van der Waals surface area (Å²) in [4.78, 5) is 12.1. The van der Waals surface area contributed by atoms with Crippen LogP contribution < -0.4 is 10.0 Å². The quantitative estimate of drug-likeness (QED) is 0.738. The average Bonchev–Trinajstić information content (AvgIpc) is 2.45. The number of nitrogens with one attached hydrogen (secondary N) is 2. The molecule has 136 valence electrons. The van der Waals surface area contributed by atoms with Crippen molar-refractivity contribution in [1.82, 2.24) is 10.0 Å². The molecule has 2 N–H and O–H groups in total. The number of carbonyl (C=O) groups excluding carboxylic acids is 1. The Morgan fingerprint density at radius 2 is 1.96 bits per heavy atom. The van der Waals surface area contributed by atoms with Gasteiger partial charge in [0.25, 0.3) is 0 Å². The second-order valence-corrected chi connectivity index (χ2v) is 8.58. The van der Waals surface area contributed by atoms with E-state index < -0.39 is 27.8 Å². The number of alkyl carbamates (subject to hydrolysis) is 1. The Morgan fingerprint density at radius 1 is 1.33 bits per heavy atom. The van der Waals surface area contributed by atoms with Gasteiger partial charge in [-0.2, -0.15) is 0 Å². The number of ether oxygens (including phenoxy) is 1. The molecule has 1 aromatic carbocycles. The molecule has 1 rings (SSSR count). The minimum Gasteiger partial charge on any atom is -0.444 e. The Balaban J connectivity index is 3.01. The number of halogens is 2. The van der Waals surface area contributed by atoms with Gasteiger partial charge >= 0.3 is 6.09 Å². The second-order valence-electron chi connectivity index (χ2n) is 5.96. The van der Waals surface area contributed by atoms with Crippen LogP contribution in [0.5, 0.6) is 0 Å². The van der Waals surface area contributed by atoms with Crippen LogP contribution in [0.4, 0.5) is 4.79 Å². The smallest absolute Gasteiger partial charge is 0.408 e. The summed E-state index contributed by atoms with van der Waals surface area (Å²) in [6.45, 7) is 5.37. The molecular weight excluding hydrogens is 375 g/mol. The Kier molecular flexibility index (Phi) is 7.34. The zero-order valence-corrected chi connectivity index (χ0v) is 16.3. The molecule has 0 heterocycles. The Morgan fingerprint density at radius 3 is 2.50 bits per heavy atom. The van der Waals surface area contributed by atoms with E-state index in [1.807, 2.05) is 6.92 Å². The molecular formula is C15H22Cl2N2O4S. The van der Waals surface area contributed by atoms with Crippen LogP contribution in [0.2, 0.25) is 10.0 Å². The normalized spacial score (nSPS) is 13.4. The number of hydrogen-bond donors (Lipinski definition) is 2. The van der Waals surface area contributed by atoms with Gasteiger partial charge in [0.15, 0.2) is 0 Å². The molecule has 0 saturated heterocycles. The summed E-state index contributed by atoms with van der Waals surface area (Å²) in [7, 11) is -3.44. The minimum atomic E-state index is -3.44. The first-order chi connectivity index (χ1) is 10.9. The lowest BCUT2D eigenvalue weighted by molar-refractivity contribution is 0.0343. The molecule has 0 radical (unpaired) electrons. The Hall–Kier alpha value is -1.02. The van der Waals surface area contributed by atoms with E-state index in [9.17, 15) is 13.2 Å². The zero-order valence-electron chi connectivity index (χ0n) is 14.0. The summed E-state index contributed by atoms with van der Waals surface area (Å²) in [5.41, 5.74) is -0.150. The molecule has 9 heteroatoms. The Bertz CT molecular complexity index is 693. The highest BCUT2D eigenvalue weighted by molar-refractivity contribution is 7.88. The van der Waals surface area contributed by atoms with Crippen molar-refractivity contribution < 1.29 is 17.9 Å². The van der Waals surface area contributed by atoms with Gasteiger partial charge < -0.3 is 10.1 Å². The van der Waals surface area contributed by atoms with Gasteiger partial charge in [0.2, 0.25) is 10.0 Å². The van der Waals surface area contributed by atoms with Crippen molar-refractivity contribution in [2.45, 2.75) is 38.8 Å². The summed E-state index contributed by atoms with van der Waals surface area (Å²) < 4.78 is 30.4. The molecule has 0 fully saturated rings. The highest BCUT2D eigenvalue weighted by Crippen LogP contribution is 2.30. The summed E-state index contributed by atoms with van der Waals surface area (Å²) in [6.07, 6.45) is 0.991. The molecule has 1 aromatic rings. The molecule has 0 bridgehead atoms. The standard InChI is InChI=1S/C15H22Cl2N2O4S/c1-5-15(2,3)23-14(20)19-12(9-18-24(4,21)22)10-7-6-8-11(16)13(10)17/h6-8,12,18H,5,9H2,1-4H3,(H,19,20). The minimum absolute atomic E-state index is 0.0828. The molecule has 24 heavy (non-hydrogen) atoms. The average molecular weight is 397 g/mol. The van der Waals surface area contributed by atoms with Crippen LogP contribution in [0, 0.1) is 0 Å². The van der Waals surface area contributed by atoms with Crippen LogP contribution in [0.3, 0.4) is 0 Å². The number of sulfonamides is 1. The van der Waals surface area contributed by atoms with Crippen molar-refractivity contribution in [3.8, 4) is 0 Å². The largest absolute Gasteiger partial charge is 0.444 e. The van der Waals surface area contributed by atoms with Crippen LogP contribution >= 0.6 is 23.2 Å². The van der Waals surface area contributed by atoms with Crippen LogP contribution in [0.25, 0.3) is 0 Å². The predicted octanol–water partition coefficient (Wildman–Crippen LogP) is 3.50. The van der Waals surface area contributed by atoms with Crippen molar-refractivity contribution >= 4 is 39.3 Å². The van der Waals surface area contributed by atoms with E-state index >= 15 is 0 Å². The zero-order chi connectivity index (χ0) is 18.5. The molecule has 0 spiro atoms. The topological polar surface area (TPSA) is 84.5 Å². The third-order valence-corrected chi connectivity index (χ3v) is 4.94. The number of rotatable bonds is 7. The Labute approximate surface area is 152 Å². The van der Waals surface area contributed by atoms with Gasteiger partial charge in [0.05, 0.1) is 22.3 Å². The molecule has 0 aliphatic rings. The third-order valence-electron chi connectivity index (χ3n) is 3.42. The van der Waals surface area contributed by atoms with Crippen LogP contribution in [0.15, 0.2) is 18.2 Å². The maximum absolute atomic E-state index is 12.1. The van der Waals surface area contributed by atoms with E-state index in [0.29, 0.717) is 17.0 Å². The van der Waals surface area contributed by atoms with E-state index in [1.54, 1.807) is 32.0 Å². The number of amides is 1. The maximum Gasteiger partial charge on any atom is 0.408 e. The van der Waals surface area contributed by atoms with E-state index in [0.717, 1.165) is 6.26 Å². The van der Waals surface area contributed by atoms with Gasteiger partial charge in [-0.1, -0.05) is 42.3 Å². The monoisotopic (exact) mass is 396 g/mol. The lowest BCUT2D eigenvalue weighted by atomic mass is 10.1. The highest BCUT2D eigenvalue weighted by atomic mass is 35.5. The summed E-state index contributed by atoms with van der Waals surface area (Å²) in [5.74, 6) is 0. The van der Waals surface area contributed by atoms with Crippen LogP contribution in [-0.2, 0) is 14.8 Å². The van der Waals surface area contributed by atoms with Gasteiger partial charge in [-0.25, -0.2) is 17.9 Å². The predicted molar refractivity (Wildman–Crippen MR) is 96.0 cm³/mol. The summed E-state index contributed by atoms with van der Waals surface area (Å²) in [5, 5.41) is 3.19. The van der Waals surface area contributed by atoms with Crippen LogP contribution in [0.1, 0.15) is 38.8 Å². The third kappa shape index (κ3) is 6.84. The highest BCUT2D eigenvalue weighted by Gasteiger charge is 2.25. The molecule has 0 saturated carbocycles. The molecule has 0 aliphatic carbocycles. The molecule has 1 unspecified atom stereocenters. The maximum atomic E-state index is 12.1. The van der Waals surface area contributed by atoms with Gasteiger partial charge in [-0.15, -0.1) is 0 Å². The molecule has 1 atom stereocenters. The summed E-state index contributed by atoms with van der Waals surface area (Å²) in [6, 6.07) is 4.20. The first-order valence-electron chi connectivity index (χ1n) is 7.33. The van der Waals surface area contributed by atoms with Gasteiger partial charge in [-0.05, 0) is 31.9 Å². The van der Waals surface area contributed by atoms with Gasteiger partial charge in [0.1, 0.15) is 5.60 Å². The van der Waals surface area contributed by atoms with Gasteiger partial charge in [0, 0.05) is 6.54 Å².